The van der Waals surface area contributed by atoms with Crippen molar-refractivity contribution >= 4 is 78.6 Å². The Bertz CT molecular complexity index is 4390. The van der Waals surface area contributed by atoms with E-state index in [4.69, 9.17) is 15.0 Å². The first kappa shape index (κ1) is 42.4. The number of hydrogen-bond acceptors (Lipinski definition) is 4. The summed E-state index contributed by atoms with van der Waals surface area (Å²) in [6.07, 6.45) is 0. The molecule has 0 atom stereocenters. The van der Waals surface area contributed by atoms with Crippen molar-refractivity contribution in [2.45, 2.75) is 24.7 Å². The molecule has 3 aliphatic rings. The van der Waals surface area contributed by atoms with Crippen LogP contribution in [-0.2, 0) is 10.8 Å². The standard InChI is InChI=1S/C67H43N5Se2/c1-66(2)49-26-11-9-24-47(49)60-46-25-16-30-56(45(46)31-32-51(60)66)72-57-29-14-12-27-50(57)67(52-33-35-73-61(52)62-53(67)34-36-74-62)54-39-58-48(38-59(54)72)44-23-10-13-28-55(44)71(58)43-22-15-21-42(37-43)65-69-63(40-17-5-3-6-18-40)68-64(70-65)41-19-7-4-8-20-41/h3-39H,1-2H3. The van der Waals surface area contributed by atoms with E-state index >= 15 is 0 Å². The van der Waals surface area contributed by atoms with E-state index in [2.05, 4.69) is 209 Å². The van der Waals surface area contributed by atoms with Gasteiger partial charge in [-0.25, -0.2) is 4.98 Å². The molecule has 0 fully saturated rings. The van der Waals surface area contributed by atoms with Crippen LogP contribution in [0.25, 0.3) is 92.4 Å². The van der Waals surface area contributed by atoms with Crippen molar-refractivity contribution in [2.75, 3.05) is 4.90 Å². The number of fused-ring (bicyclic) bond motifs is 17. The second-order valence-electron chi connectivity index (χ2n) is 20.3. The van der Waals surface area contributed by atoms with E-state index in [0.717, 1.165) is 33.4 Å². The fraction of sp³-hybridized carbons (Fsp3) is 0.0597. The number of nitrogens with zero attached hydrogens (tertiary/aromatic N) is 5. The van der Waals surface area contributed by atoms with Gasteiger partial charge in [0.15, 0.2) is 11.6 Å². The van der Waals surface area contributed by atoms with Crippen LogP contribution in [-0.4, -0.2) is 48.5 Å². The van der Waals surface area contributed by atoms with Gasteiger partial charge in [-0.2, -0.15) is 0 Å². The van der Waals surface area contributed by atoms with Gasteiger partial charge >= 0.3 is 323 Å². The topological polar surface area (TPSA) is 46.8 Å². The third kappa shape index (κ3) is 5.73. The molecule has 5 nitrogen and oxygen atoms in total. The number of benzene rings is 9. The Kier molecular flexibility index (Phi) is 8.98. The molecule has 2 aliphatic carbocycles. The van der Waals surface area contributed by atoms with Crippen molar-refractivity contribution in [3.05, 3.63) is 256 Å². The van der Waals surface area contributed by atoms with Crippen LogP contribution in [0.5, 0.6) is 0 Å². The molecule has 4 aromatic heterocycles. The van der Waals surface area contributed by atoms with Gasteiger partial charge in [0.2, 0.25) is 0 Å². The first-order chi connectivity index (χ1) is 36.5. The molecule has 13 aromatic rings. The van der Waals surface area contributed by atoms with E-state index in [9.17, 15) is 0 Å². The van der Waals surface area contributed by atoms with E-state index in [1.54, 1.807) is 8.87 Å². The normalized spacial score (nSPS) is 14.3. The fourth-order valence-corrected chi connectivity index (χ4v) is 17.9. The number of anilines is 3. The average molecular weight is 1080 g/mol. The summed E-state index contributed by atoms with van der Waals surface area (Å²) in [5.41, 5.74) is 20.3. The van der Waals surface area contributed by atoms with E-state index in [1.165, 1.54) is 83.1 Å². The maximum atomic E-state index is 5.17. The van der Waals surface area contributed by atoms with E-state index < -0.39 is 5.41 Å². The molecule has 348 valence electrons. The molecule has 9 aromatic carbocycles. The Morgan fingerprint density at radius 2 is 0.973 bits per heavy atom. The molecule has 0 amide bonds. The number of para-hydroxylation sites is 2. The minimum atomic E-state index is -0.491. The van der Waals surface area contributed by atoms with Crippen LogP contribution in [0.3, 0.4) is 0 Å². The third-order valence-electron chi connectivity index (χ3n) is 16.2. The summed E-state index contributed by atoms with van der Waals surface area (Å²) in [5, 5.41) is 4.95. The quantitative estimate of drug-likeness (QED) is 0.161. The van der Waals surface area contributed by atoms with E-state index in [1.807, 2.05) is 36.4 Å². The van der Waals surface area contributed by atoms with Crippen LogP contribution in [0, 0.1) is 0 Å². The van der Waals surface area contributed by atoms with Gasteiger partial charge in [-0.1, -0.05) is 92.7 Å². The predicted molar refractivity (Wildman–Crippen MR) is 305 cm³/mol. The van der Waals surface area contributed by atoms with Crippen molar-refractivity contribution in [1.82, 2.24) is 19.5 Å². The van der Waals surface area contributed by atoms with E-state index in [0.29, 0.717) is 17.5 Å². The number of rotatable bonds is 5. The zero-order valence-electron chi connectivity index (χ0n) is 40.4. The summed E-state index contributed by atoms with van der Waals surface area (Å²) in [6, 6.07) is 78.4. The van der Waals surface area contributed by atoms with Crippen LogP contribution in [0.1, 0.15) is 47.2 Å². The average Bonchev–Trinajstić information content (AvgIpc) is 4.36. The molecule has 0 radical (unpaired) electrons. The Labute approximate surface area is 440 Å². The molecule has 1 aliphatic heterocycles. The van der Waals surface area contributed by atoms with Crippen molar-refractivity contribution < 1.29 is 0 Å². The zero-order valence-corrected chi connectivity index (χ0v) is 43.8. The zero-order chi connectivity index (χ0) is 48.9. The van der Waals surface area contributed by atoms with Gasteiger partial charge in [-0.05, 0) is 0 Å². The number of hydrogen-bond donors (Lipinski definition) is 0. The van der Waals surface area contributed by atoms with Gasteiger partial charge < -0.3 is 0 Å². The summed E-state index contributed by atoms with van der Waals surface area (Å²) >= 11 is 0.545. The van der Waals surface area contributed by atoms with Crippen molar-refractivity contribution in [3.63, 3.8) is 0 Å². The second-order valence-corrected chi connectivity index (χ2v) is 24.1. The third-order valence-corrected chi connectivity index (χ3v) is 20.8. The van der Waals surface area contributed by atoms with Crippen molar-refractivity contribution in [2.24, 2.45) is 0 Å². The van der Waals surface area contributed by atoms with Crippen LogP contribution in [0.15, 0.2) is 222 Å². The summed E-state index contributed by atoms with van der Waals surface area (Å²) in [6.45, 7) is 4.76. The number of aromatic nitrogens is 4. The monoisotopic (exact) mass is 1080 g/mol. The summed E-state index contributed by atoms with van der Waals surface area (Å²) in [7, 11) is 0. The molecule has 74 heavy (non-hydrogen) atoms. The maximum absolute atomic E-state index is 5.17. The van der Waals surface area contributed by atoms with Gasteiger partial charge in [-0.15, -0.1) is 0 Å². The van der Waals surface area contributed by atoms with Gasteiger partial charge in [0, 0.05) is 11.1 Å². The van der Waals surface area contributed by atoms with Crippen LogP contribution >= 0.6 is 0 Å². The van der Waals surface area contributed by atoms with E-state index in [-0.39, 0.29) is 34.4 Å². The van der Waals surface area contributed by atoms with Gasteiger partial charge in [0.1, 0.15) is 0 Å². The van der Waals surface area contributed by atoms with Crippen LogP contribution < -0.4 is 4.90 Å². The molecule has 0 bridgehead atoms. The Morgan fingerprint density at radius 1 is 0.378 bits per heavy atom. The first-order valence-corrected chi connectivity index (χ1v) is 28.9. The fourth-order valence-electron chi connectivity index (χ4n) is 13.0. The Hall–Kier alpha value is -8.15. The van der Waals surface area contributed by atoms with Crippen molar-refractivity contribution in [3.8, 4) is 59.9 Å². The molecule has 7 heteroatoms. The second kappa shape index (κ2) is 15.7. The van der Waals surface area contributed by atoms with Gasteiger partial charge in [-0.3, -0.25) is 0 Å². The molecule has 0 saturated heterocycles. The molecule has 0 saturated carbocycles. The molecule has 0 N–H and O–H groups in total. The minimum absolute atomic E-state index is 0.0976. The molecule has 0 unspecified atom stereocenters. The first-order valence-electron chi connectivity index (χ1n) is 25.2. The van der Waals surface area contributed by atoms with Crippen LogP contribution in [0.2, 0.25) is 0 Å². The molecular weight excluding hydrogens is 1030 g/mol. The Balaban J connectivity index is 0.972. The van der Waals surface area contributed by atoms with Gasteiger partial charge in [0.25, 0.3) is 0 Å². The summed E-state index contributed by atoms with van der Waals surface area (Å²) in [4.78, 5) is 22.9. The summed E-state index contributed by atoms with van der Waals surface area (Å²) < 4.78 is 5.63. The molecule has 16 rings (SSSR count). The van der Waals surface area contributed by atoms with Gasteiger partial charge in [0.05, 0.1) is 0 Å². The predicted octanol–water partition coefficient (Wildman–Crippen LogP) is 15.7. The molecular formula is C67H43N5Se2. The van der Waals surface area contributed by atoms with Crippen molar-refractivity contribution in [1.29, 1.82) is 0 Å². The SMILES string of the molecule is CC1(C)c2ccccc2-c2c1ccc1c(N3c4ccccc4C4(c5cc6c(cc53)c3ccccc3n6-c3cccc(-c5nc(-c6ccccc6)nc(-c6ccccc6)n5)c3)c3cc[se]c3-c3[se]ccc34)cccc21. The van der Waals surface area contributed by atoms with Crippen LogP contribution in [0.4, 0.5) is 17.1 Å². The Morgan fingerprint density at radius 3 is 1.72 bits per heavy atom. The molecule has 5 heterocycles. The molecule has 1 spiro atoms. The summed E-state index contributed by atoms with van der Waals surface area (Å²) in [5.74, 6) is 1.92.